The van der Waals surface area contributed by atoms with Gasteiger partial charge >= 0.3 is 0 Å². The second kappa shape index (κ2) is 5.70. The maximum Gasteiger partial charge on any atom is 0.251 e. The monoisotopic (exact) mass is 342 g/mol. The van der Waals surface area contributed by atoms with Crippen LogP contribution in [0.5, 0.6) is 0 Å². The zero-order chi connectivity index (χ0) is 17.5. The van der Waals surface area contributed by atoms with Crippen molar-refractivity contribution in [3.8, 4) is 0 Å². The second-order valence-electron chi connectivity index (χ2n) is 6.06. The van der Waals surface area contributed by atoms with E-state index in [1.165, 1.54) is 0 Å². The number of aromatic amines is 1. The van der Waals surface area contributed by atoms with Crippen LogP contribution >= 0.6 is 0 Å². The smallest absolute Gasteiger partial charge is 0.251 e. The molecule has 0 bridgehead atoms. The molecule has 0 saturated heterocycles. The molecule has 0 aliphatic carbocycles. The van der Waals surface area contributed by atoms with Crippen LogP contribution in [0.1, 0.15) is 16.1 Å². The van der Waals surface area contributed by atoms with Crippen LogP contribution in [-0.2, 0) is 6.54 Å². The van der Waals surface area contributed by atoms with Gasteiger partial charge in [0.25, 0.3) is 5.91 Å². The van der Waals surface area contributed by atoms with E-state index >= 15 is 0 Å². The lowest BCUT2D eigenvalue weighted by Crippen LogP contribution is -2.22. The Kier molecular flexibility index (Phi) is 3.21. The number of furan rings is 1. The molecule has 6 heteroatoms. The average molecular weight is 342 g/mol. The van der Waals surface area contributed by atoms with E-state index in [1.807, 2.05) is 42.5 Å². The summed E-state index contributed by atoms with van der Waals surface area (Å²) in [4.78, 5) is 25.1. The number of para-hydroxylation sites is 2. The van der Waals surface area contributed by atoms with Crippen LogP contribution in [0.2, 0.25) is 0 Å². The summed E-state index contributed by atoms with van der Waals surface area (Å²) in [5, 5.41) is 3.74. The Bertz CT molecular complexity index is 1260. The van der Waals surface area contributed by atoms with Crippen molar-refractivity contribution in [2.75, 3.05) is 0 Å². The van der Waals surface area contributed by atoms with Crippen molar-refractivity contribution in [3.05, 3.63) is 72.2 Å². The number of nitrogens with zero attached hydrogens (tertiary/aromatic N) is 2. The zero-order valence-corrected chi connectivity index (χ0v) is 13.7. The number of aromatic nitrogens is 3. The van der Waals surface area contributed by atoms with Gasteiger partial charge in [0.05, 0.1) is 23.8 Å². The topological polar surface area (TPSA) is 83.8 Å². The molecule has 0 fully saturated rings. The van der Waals surface area contributed by atoms with E-state index < -0.39 is 0 Å². The summed E-state index contributed by atoms with van der Waals surface area (Å²) in [5.74, 6) is 0.551. The molecular weight excluding hydrogens is 328 g/mol. The van der Waals surface area contributed by atoms with E-state index in [2.05, 4.69) is 15.3 Å². The van der Waals surface area contributed by atoms with Crippen molar-refractivity contribution in [1.82, 2.24) is 20.3 Å². The molecule has 26 heavy (non-hydrogen) atoms. The molecule has 6 nitrogen and oxygen atoms in total. The fourth-order valence-corrected chi connectivity index (χ4v) is 3.08. The molecular formula is C20H14N4O2. The van der Waals surface area contributed by atoms with Crippen molar-refractivity contribution in [3.63, 3.8) is 0 Å². The van der Waals surface area contributed by atoms with Crippen LogP contribution in [0.15, 0.2) is 65.3 Å². The van der Waals surface area contributed by atoms with Gasteiger partial charge in [-0.15, -0.1) is 0 Å². The Morgan fingerprint density at radius 2 is 1.88 bits per heavy atom. The highest BCUT2D eigenvalue weighted by atomic mass is 16.3. The van der Waals surface area contributed by atoms with Gasteiger partial charge in [0.2, 0.25) is 0 Å². The van der Waals surface area contributed by atoms with E-state index in [9.17, 15) is 4.79 Å². The van der Waals surface area contributed by atoms with Gasteiger partial charge in [-0.1, -0.05) is 12.1 Å². The Morgan fingerprint density at radius 1 is 1.04 bits per heavy atom. The van der Waals surface area contributed by atoms with Crippen LogP contribution in [-0.4, -0.2) is 20.9 Å². The summed E-state index contributed by atoms with van der Waals surface area (Å²) >= 11 is 0. The van der Waals surface area contributed by atoms with E-state index in [4.69, 9.17) is 9.40 Å². The highest BCUT2D eigenvalue weighted by Crippen LogP contribution is 2.25. The molecule has 3 aromatic heterocycles. The summed E-state index contributed by atoms with van der Waals surface area (Å²) < 4.78 is 5.24. The van der Waals surface area contributed by atoms with Crippen LogP contribution in [0.3, 0.4) is 0 Å². The van der Waals surface area contributed by atoms with Crippen molar-refractivity contribution >= 4 is 39.0 Å². The summed E-state index contributed by atoms with van der Waals surface area (Å²) in [6.07, 6.45) is 1.59. The average Bonchev–Trinajstić information content (AvgIpc) is 3.31. The molecule has 5 aromatic rings. The van der Waals surface area contributed by atoms with Crippen LogP contribution in [0.25, 0.3) is 33.1 Å². The van der Waals surface area contributed by atoms with Gasteiger partial charge in [0.15, 0.2) is 5.65 Å². The maximum atomic E-state index is 12.5. The van der Waals surface area contributed by atoms with E-state index in [1.54, 1.807) is 18.4 Å². The molecule has 5 rings (SSSR count). The fraction of sp³-hybridized carbons (Fsp3) is 0.0500. The fourth-order valence-electron chi connectivity index (χ4n) is 3.08. The predicted molar refractivity (Wildman–Crippen MR) is 98.8 cm³/mol. The van der Waals surface area contributed by atoms with E-state index in [0.717, 1.165) is 27.5 Å². The molecule has 0 aliphatic heterocycles. The number of amides is 1. The highest BCUT2D eigenvalue weighted by Gasteiger charge is 2.12. The first-order chi connectivity index (χ1) is 12.8. The first-order valence-corrected chi connectivity index (χ1v) is 8.27. The maximum absolute atomic E-state index is 12.5. The lowest BCUT2D eigenvalue weighted by atomic mass is 10.1. The molecule has 0 radical (unpaired) electrons. The summed E-state index contributed by atoms with van der Waals surface area (Å²) in [7, 11) is 0. The van der Waals surface area contributed by atoms with Gasteiger partial charge in [-0.3, -0.25) is 4.79 Å². The van der Waals surface area contributed by atoms with Crippen LogP contribution in [0, 0.1) is 0 Å². The number of carbonyl (C=O) groups excluding carboxylic acids is 1. The van der Waals surface area contributed by atoms with Crippen molar-refractivity contribution < 1.29 is 9.21 Å². The predicted octanol–water partition coefficient (Wildman–Crippen LogP) is 3.79. The van der Waals surface area contributed by atoms with Crippen molar-refractivity contribution in [1.29, 1.82) is 0 Å². The Balaban J connectivity index is 1.56. The van der Waals surface area contributed by atoms with Gasteiger partial charge in [-0.25, -0.2) is 9.97 Å². The van der Waals surface area contributed by atoms with Gasteiger partial charge in [0, 0.05) is 16.5 Å². The SMILES string of the molecule is O=C(NCc1ccco1)c1ccc2[nH]c3nc4ccccc4nc3c2c1. The number of fused-ring (bicyclic) bond motifs is 4. The van der Waals surface area contributed by atoms with Crippen molar-refractivity contribution in [2.24, 2.45) is 0 Å². The summed E-state index contributed by atoms with van der Waals surface area (Å²) in [6, 6.07) is 16.9. The lowest BCUT2D eigenvalue weighted by Gasteiger charge is -2.03. The van der Waals surface area contributed by atoms with Gasteiger partial charge in [-0.2, -0.15) is 0 Å². The number of hydrogen-bond donors (Lipinski definition) is 2. The first-order valence-electron chi connectivity index (χ1n) is 8.27. The van der Waals surface area contributed by atoms with Crippen LogP contribution < -0.4 is 5.32 Å². The summed E-state index contributed by atoms with van der Waals surface area (Å²) in [6.45, 7) is 0.349. The quantitative estimate of drug-likeness (QED) is 0.522. The third kappa shape index (κ3) is 2.39. The minimum atomic E-state index is -0.161. The minimum Gasteiger partial charge on any atom is -0.467 e. The molecule has 0 spiro atoms. The third-order valence-corrected chi connectivity index (χ3v) is 4.36. The Hall–Kier alpha value is -3.67. The number of rotatable bonds is 3. The van der Waals surface area contributed by atoms with Gasteiger partial charge < -0.3 is 14.7 Å². The number of H-pyrrole nitrogens is 1. The first kappa shape index (κ1) is 14.7. The van der Waals surface area contributed by atoms with Crippen molar-refractivity contribution in [2.45, 2.75) is 6.54 Å². The molecule has 3 heterocycles. The molecule has 1 amide bonds. The molecule has 0 atom stereocenters. The number of nitrogens with one attached hydrogen (secondary N) is 2. The molecule has 0 aliphatic rings. The molecule has 2 N–H and O–H groups in total. The van der Waals surface area contributed by atoms with E-state index in [0.29, 0.717) is 23.5 Å². The second-order valence-corrected chi connectivity index (χ2v) is 6.06. The third-order valence-electron chi connectivity index (χ3n) is 4.36. The number of benzene rings is 2. The largest absolute Gasteiger partial charge is 0.467 e. The molecule has 0 unspecified atom stereocenters. The lowest BCUT2D eigenvalue weighted by molar-refractivity contribution is 0.0948. The van der Waals surface area contributed by atoms with Crippen LogP contribution in [0.4, 0.5) is 0 Å². The van der Waals surface area contributed by atoms with Gasteiger partial charge in [0.1, 0.15) is 11.3 Å². The minimum absolute atomic E-state index is 0.161. The molecule has 126 valence electrons. The molecule has 2 aromatic carbocycles. The number of hydrogen-bond acceptors (Lipinski definition) is 4. The highest BCUT2D eigenvalue weighted by molar-refractivity contribution is 6.08. The number of carbonyl (C=O) groups is 1. The molecule has 0 saturated carbocycles. The zero-order valence-electron chi connectivity index (χ0n) is 13.7. The van der Waals surface area contributed by atoms with Gasteiger partial charge in [-0.05, 0) is 42.5 Å². The normalized spacial score (nSPS) is 11.4. The Labute approximate surface area is 147 Å². The Morgan fingerprint density at radius 3 is 2.69 bits per heavy atom. The summed E-state index contributed by atoms with van der Waals surface area (Å²) in [5.41, 5.74) is 4.61. The standard InChI is InChI=1S/C20H14N4O2/c25-20(21-11-13-4-3-9-26-13)12-7-8-15-14(10-12)18-19(23-15)24-17-6-2-1-5-16(17)22-18/h1-10H,11H2,(H,21,25)(H,23,24). The van der Waals surface area contributed by atoms with E-state index in [-0.39, 0.29) is 5.91 Å².